The maximum absolute atomic E-state index is 13.7. The zero-order valence-corrected chi connectivity index (χ0v) is 16.4. The monoisotopic (exact) mass is 403 g/mol. The summed E-state index contributed by atoms with van der Waals surface area (Å²) < 4.78 is 0. The van der Waals surface area contributed by atoms with Crippen molar-refractivity contribution in [3.63, 3.8) is 0 Å². The fourth-order valence-electron chi connectivity index (χ4n) is 4.72. The van der Waals surface area contributed by atoms with Gasteiger partial charge in [0.05, 0.1) is 0 Å². The zero-order chi connectivity index (χ0) is 20.4. The van der Waals surface area contributed by atoms with E-state index in [0.29, 0.717) is 11.3 Å². The molecule has 5 rings (SSSR count). The third kappa shape index (κ3) is 2.05. The number of aliphatic hydroxyl groups is 1. The van der Waals surface area contributed by atoms with Gasteiger partial charge in [0, 0.05) is 35.2 Å². The lowest BCUT2D eigenvalue weighted by molar-refractivity contribution is -0.128. The van der Waals surface area contributed by atoms with Crippen molar-refractivity contribution in [1.29, 1.82) is 0 Å². The van der Waals surface area contributed by atoms with Crippen LogP contribution in [0.5, 0.6) is 0 Å². The van der Waals surface area contributed by atoms with Crippen LogP contribution in [-0.2, 0) is 16.6 Å². The molecular formula is C23H17NO4S. The number of carbonyl (C=O) groups is 3. The smallest absolute Gasteiger partial charge is 0.241 e. The highest BCUT2D eigenvalue weighted by atomic mass is 32.1. The molecule has 0 saturated heterocycles. The van der Waals surface area contributed by atoms with Crippen molar-refractivity contribution in [2.45, 2.75) is 17.4 Å². The Balaban J connectivity index is 1.83. The first kappa shape index (κ1) is 18.0. The highest BCUT2D eigenvalue weighted by Crippen LogP contribution is 2.53. The summed E-state index contributed by atoms with van der Waals surface area (Å²) in [5.41, 5.74) is -2.82. The fraction of sp³-hybridized carbons (Fsp3) is 0.174. The molecular weight excluding hydrogens is 386 g/mol. The molecule has 1 unspecified atom stereocenters. The highest BCUT2D eigenvalue weighted by molar-refractivity contribution is 7.09. The fourth-order valence-corrected chi connectivity index (χ4v) is 5.51. The largest absolute Gasteiger partial charge is 0.373 e. The van der Waals surface area contributed by atoms with Gasteiger partial charge in [0.2, 0.25) is 23.1 Å². The van der Waals surface area contributed by atoms with Crippen LogP contribution >= 0.6 is 11.3 Å². The maximum Gasteiger partial charge on any atom is 0.241 e. The Morgan fingerprint density at radius 2 is 1.52 bits per heavy atom. The summed E-state index contributed by atoms with van der Waals surface area (Å²) >= 11 is 1.43. The van der Waals surface area contributed by atoms with E-state index in [4.69, 9.17) is 0 Å². The predicted octanol–water partition coefficient (Wildman–Crippen LogP) is 3.02. The Morgan fingerprint density at radius 3 is 2.14 bits per heavy atom. The molecule has 1 aliphatic carbocycles. The van der Waals surface area contributed by atoms with Crippen molar-refractivity contribution in [2.24, 2.45) is 0 Å². The minimum atomic E-state index is -2.50. The first-order chi connectivity index (χ1) is 13.9. The number of benzene rings is 2. The van der Waals surface area contributed by atoms with E-state index in [9.17, 15) is 19.5 Å². The van der Waals surface area contributed by atoms with E-state index in [0.717, 1.165) is 4.88 Å². The molecule has 2 heterocycles. The molecule has 29 heavy (non-hydrogen) atoms. The first-order valence-electron chi connectivity index (χ1n) is 9.24. The molecule has 5 nitrogen and oxygen atoms in total. The summed E-state index contributed by atoms with van der Waals surface area (Å²) in [5.74, 6) is -1.88. The van der Waals surface area contributed by atoms with E-state index in [1.165, 1.54) is 28.4 Å². The van der Waals surface area contributed by atoms with E-state index in [1.54, 1.807) is 43.4 Å². The topological polar surface area (TPSA) is 74.7 Å². The number of ketones is 2. The second-order valence-electron chi connectivity index (χ2n) is 7.46. The van der Waals surface area contributed by atoms with Gasteiger partial charge in [-0.2, -0.15) is 0 Å². The van der Waals surface area contributed by atoms with E-state index >= 15 is 0 Å². The number of likely N-dealkylation sites (N-methyl/N-ethyl adjacent to an activating group) is 1. The Bertz CT molecular complexity index is 1150. The second-order valence-corrected chi connectivity index (χ2v) is 8.49. The van der Waals surface area contributed by atoms with Crippen LogP contribution in [0.3, 0.4) is 0 Å². The number of thiophene rings is 1. The Labute approximate surface area is 171 Å². The molecule has 1 aromatic heterocycles. The van der Waals surface area contributed by atoms with Crippen LogP contribution in [0, 0.1) is 0 Å². The Hall–Kier alpha value is -3.09. The molecule has 0 radical (unpaired) electrons. The predicted molar refractivity (Wildman–Crippen MR) is 110 cm³/mol. The van der Waals surface area contributed by atoms with Crippen molar-refractivity contribution in [2.75, 3.05) is 11.9 Å². The molecule has 2 aliphatic rings. The number of para-hydroxylation sites is 1. The van der Waals surface area contributed by atoms with Crippen molar-refractivity contribution >= 4 is 34.5 Å². The van der Waals surface area contributed by atoms with E-state index in [-0.39, 0.29) is 17.5 Å². The minimum absolute atomic E-state index is 0.0623. The molecule has 1 atom stereocenters. The summed E-state index contributed by atoms with van der Waals surface area (Å²) in [6.07, 6.45) is 0.0623. The lowest BCUT2D eigenvalue weighted by Crippen LogP contribution is -2.64. The summed E-state index contributed by atoms with van der Waals surface area (Å²) in [5, 5.41) is 13.8. The molecule has 1 N–H and O–H groups in total. The standard InChI is InChI=1S/C23H17NO4S/c1-24-18-11-5-4-10-17(18)22(21(24)27,13-14-7-6-12-29-14)23(28)19(25)15-8-2-3-9-16(15)20(23)26/h2-12,28H,13H2,1H3. The van der Waals surface area contributed by atoms with E-state index < -0.39 is 28.5 Å². The molecule has 6 heteroatoms. The lowest BCUT2D eigenvalue weighted by atomic mass is 9.63. The summed E-state index contributed by atoms with van der Waals surface area (Å²) in [4.78, 5) is 42.9. The van der Waals surface area contributed by atoms with Crippen LogP contribution in [0.4, 0.5) is 5.69 Å². The van der Waals surface area contributed by atoms with Gasteiger partial charge in [0.25, 0.3) is 0 Å². The number of rotatable bonds is 3. The van der Waals surface area contributed by atoms with Crippen LogP contribution < -0.4 is 4.90 Å². The molecule has 0 bridgehead atoms. The number of amides is 1. The number of nitrogens with zero attached hydrogens (tertiary/aromatic N) is 1. The maximum atomic E-state index is 13.7. The molecule has 3 aromatic rings. The average molecular weight is 403 g/mol. The zero-order valence-electron chi connectivity index (χ0n) is 15.6. The van der Waals surface area contributed by atoms with Crippen LogP contribution in [-0.4, -0.2) is 35.2 Å². The van der Waals surface area contributed by atoms with E-state index in [1.807, 2.05) is 17.5 Å². The summed E-state index contributed by atoms with van der Waals surface area (Å²) in [6.45, 7) is 0. The lowest BCUT2D eigenvalue weighted by Gasteiger charge is -2.38. The minimum Gasteiger partial charge on any atom is -0.373 e. The van der Waals surface area contributed by atoms with E-state index in [2.05, 4.69) is 0 Å². The Kier molecular flexibility index (Phi) is 3.69. The first-order valence-corrected chi connectivity index (χ1v) is 10.1. The molecule has 2 aromatic carbocycles. The van der Waals surface area contributed by atoms with Gasteiger partial charge in [-0.15, -0.1) is 11.3 Å². The van der Waals surface area contributed by atoms with Gasteiger partial charge in [-0.1, -0.05) is 48.5 Å². The van der Waals surface area contributed by atoms with Crippen LogP contribution in [0.25, 0.3) is 0 Å². The van der Waals surface area contributed by atoms with Gasteiger partial charge in [0.1, 0.15) is 5.41 Å². The molecule has 1 aliphatic heterocycles. The summed E-state index contributed by atoms with van der Waals surface area (Å²) in [7, 11) is 1.61. The third-order valence-electron chi connectivity index (χ3n) is 6.11. The van der Waals surface area contributed by atoms with Gasteiger partial charge in [-0.3, -0.25) is 14.4 Å². The molecule has 0 saturated carbocycles. The molecule has 144 valence electrons. The number of carbonyl (C=O) groups excluding carboxylic acids is 3. The number of anilines is 1. The van der Waals surface area contributed by atoms with Gasteiger partial charge in [-0.05, 0) is 23.1 Å². The molecule has 1 amide bonds. The van der Waals surface area contributed by atoms with Crippen LogP contribution in [0.2, 0.25) is 0 Å². The number of hydrogen-bond acceptors (Lipinski definition) is 5. The third-order valence-corrected chi connectivity index (χ3v) is 6.98. The van der Waals surface area contributed by atoms with Crippen molar-refractivity contribution in [1.82, 2.24) is 0 Å². The van der Waals surface area contributed by atoms with Crippen molar-refractivity contribution in [3.05, 3.63) is 87.6 Å². The highest BCUT2D eigenvalue weighted by Gasteiger charge is 2.71. The summed E-state index contributed by atoms with van der Waals surface area (Å²) in [6, 6.07) is 17.1. The molecule has 0 fully saturated rings. The molecule has 0 spiro atoms. The van der Waals surface area contributed by atoms with Crippen LogP contribution in [0.15, 0.2) is 66.0 Å². The number of fused-ring (bicyclic) bond motifs is 2. The van der Waals surface area contributed by atoms with Crippen LogP contribution in [0.1, 0.15) is 31.2 Å². The SMILES string of the molecule is CN1C(=O)C(Cc2cccs2)(C2(O)C(=O)c3ccccc3C2=O)c2ccccc21. The number of Topliss-reactive ketones (excluding diaryl/α,β-unsaturated/α-hetero) is 2. The normalized spacial score (nSPS) is 22.1. The Morgan fingerprint density at radius 1 is 0.897 bits per heavy atom. The van der Waals surface area contributed by atoms with Crippen molar-refractivity contribution in [3.8, 4) is 0 Å². The van der Waals surface area contributed by atoms with Gasteiger partial charge in [-0.25, -0.2) is 0 Å². The quantitative estimate of drug-likeness (QED) is 0.682. The number of hydrogen-bond donors (Lipinski definition) is 1. The van der Waals surface area contributed by atoms with Gasteiger partial charge >= 0.3 is 0 Å². The average Bonchev–Trinajstić information content (AvgIpc) is 3.39. The second kappa shape index (κ2) is 5.95. The van der Waals surface area contributed by atoms with Crippen molar-refractivity contribution < 1.29 is 19.5 Å². The van der Waals surface area contributed by atoms with Gasteiger partial charge in [0.15, 0.2) is 0 Å². The van der Waals surface area contributed by atoms with Gasteiger partial charge < -0.3 is 10.0 Å².